The van der Waals surface area contributed by atoms with Crippen molar-refractivity contribution in [3.8, 4) is 5.75 Å². The molecule has 0 aromatic heterocycles. The van der Waals surface area contributed by atoms with Crippen LogP contribution in [0.25, 0.3) is 0 Å². The van der Waals surface area contributed by atoms with Gasteiger partial charge in [-0.15, -0.1) is 0 Å². The van der Waals surface area contributed by atoms with E-state index in [1.165, 1.54) is 37.9 Å². The molecule has 0 saturated carbocycles. The van der Waals surface area contributed by atoms with Gasteiger partial charge in [0.25, 0.3) is 0 Å². The van der Waals surface area contributed by atoms with E-state index in [1.807, 2.05) is 0 Å². The molecule has 24 heavy (non-hydrogen) atoms. The summed E-state index contributed by atoms with van der Waals surface area (Å²) in [6, 6.07) is 7.05. The van der Waals surface area contributed by atoms with Crippen molar-refractivity contribution in [3.05, 3.63) is 24.3 Å². The van der Waals surface area contributed by atoms with Crippen molar-refractivity contribution in [2.45, 2.75) is 45.3 Å². The van der Waals surface area contributed by atoms with Gasteiger partial charge in [0, 0.05) is 18.7 Å². The summed E-state index contributed by atoms with van der Waals surface area (Å²) in [6.07, 6.45) is 5.09. The number of anilines is 1. The van der Waals surface area contributed by atoms with Crippen LogP contribution < -0.4 is 20.3 Å². The lowest BCUT2D eigenvalue weighted by atomic mass is 10.0. The van der Waals surface area contributed by atoms with E-state index < -0.39 is 6.61 Å². The number of alkyl halides is 2. The summed E-state index contributed by atoms with van der Waals surface area (Å²) < 4.78 is 28.5. The zero-order valence-corrected chi connectivity index (χ0v) is 14.8. The third-order valence-corrected chi connectivity index (χ3v) is 4.63. The molecule has 134 valence electrons. The lowest BCUT2D eigenvalue weighted by Crippen LogP contribution is -3.16. The highest BCUT2D eigenvalue weighted by Crippen LogP contribution is 2.17. The lowest BCUT2D eigenvalue weighted by molar-refractivity contribution is -0.928. The van der Waals surface area contributed by atoms with E-state index in [9.17, 15) is 8.78 Å². The van der Waals surface area contributed by atoms with Crippen LogP contribution in [-0.2, 0) is 0 Å². The van der Waals surface area contributed by atoms with Crippen molar-refractivity contribution in [1.82, 2.24) is 5.32 Å². The van der Waals surface area contributed by atoms with Crippen LogP contribution in [-0.4, -0.2) is 37.4 Å². The number of rotatable bonds is 7. The summed E-state index contributed by atoms with van der Waals surface area (Å²) in [4.78, 5) is 1.69. The van der Waals surface area contributed by atoms with Crippen LogP contribution in [0.15, 0.2) is 24.3 Å². The van der Waals surface area contributed by atoms with E-state index >= 15 is 0 Å². The predicted octanol–water partition coefficient (Wildman–Crippen LogP) is 2.42. The first kappa shape index (κ1) is 18.9. The van der Waals surface area contributed by atoms with Gasteiger partial charge in [-0.2, -0.15) is 8.78 Å². The first-order valence-corrected chi connectivity index (χ1v) is 8.89. The second kappa shape index (κ2) is 9.74. The van der Waals surface area contributed by atoms with E-state index in [0.29, 0.717) is 5.11 Å². The van der Waals surface area contributed by atoms with Gasteiger partial charge in [-0.1, -0.05) is 0 Å². The first-order valence-electron chi connectivity index (χ1n) is 8.49. The number of quaternary nitrogens is 1. The fourth-order valence-electron chi connectivity index (χ4n) is 3.04. The van der Waals surface area contributed by atoms with Gasteiger partial charge < -0.3 is 20.3 Å². The maximum atomic E-state index is 12.1. The van der Waals surface area contributed by atoms with Crippen molar-refractivity contribution in [1.29, 1.82) is 0 Å². The average Bonchev–Trinajstić information content (AvgIpc) is 2.54. The van der Waals surface area contributed by atoms with Gasteiger partial charge in [-0.3, -0.25) is 0 Å². The van der Waals surface area contributed by atoms with Gasteiger partial charge in [0.1, 0.15) is 5.75 Å². The fourth-order valence-corrected chi connectivity index (χ4v) is 3.26. The number of ether oxygens (including phenoxy) is 1. The molecule has 0 spiro atoms. The van der Waals surface area contributed by atoms with Crippen molar-refractivity contribution in [2.24, 2.45) is 0 Å². The highest BCUT2D eigenvalue weighted by atomic mass is 32.1. The molecular formula is C17H26F2N3OS+. The van der Waals surface area contributed by atoms with Crippen LogP contribution in [0.4, 0.5) is 14.5 Å². The van der Waals surface area contributed by atoms with Crippen LogP contribution in [0.3, 0.4) is 0 Å². The number of likely N-dealkylation sites (tertiary alicyclic amines) is 1. The number of hydrogen-bond acceptors (Lipinski definition) is 2. The molecule has 1 aromatic carbocycles. The third-order valence-electron chi connectivity index (χ3n) is 4.38. The summed E-state index contributed by atoms with van der Waals surface area (Å²) in [5, 5.41) is 6.77. The summed E-state index contributed by atoms with van der Waals surface area (Å²) in [7, 11) is 0. The Bertz CT molecular complexity index is 513. The number of piperidine rings is 1. The molecule has 0 radical (unpaired) electrons. The minimum atomic E-state index is -2.81. The monoisotopic (exact) mass is 358 g/mol. The minimum absolute atomic E-state index is 0.132. The van der Waals surface area contributed by atoms with Crippen LogP contribution in [0.1, 0.15) is 32.6 Å². The zero-order chi connectivity index (χ0) is 17.4. The van der Waals surface area contributed by atoms with E-state index in [2.05, 4.69) is 22.3 Å². The maximum absolute atomic E-state index is 12.1. The minimum Gasteiger partial charge on any atom is -0.435 e. The van der Waals surface area contributed by atoms with Crippen LogP contribution in [0.5, 0.6) is 5.75 Å². The molecule has 1 aliphatic rings. The van der Waals surface area contributed by atoms with Crippen LogP contribution in [0, 0.1) is 0 Å². The van der Waals surface area contributed by atoms with Gasteiger partial charge in [-0.05, 0) is 62.7 Å². The number of hydrogen-bond donors (Lipinski definition) is 3. The number of thiocarbonyl (C=S) groups is 1. The van der Waals surface area contributed by atoms with Crippen molar-refractivity contribution in [3.63, 3.8) is 0 Å². The van der Waals surface area contributed by atoms with E-state index in [1.54, 1.807) is 17.0 Å². The topological polar surface area (TPSA) is 37.7 Å². The Balaban J connectivity index is 1.64. The van der Waals surface area contributed by atoms with E-state index in [0.717, 1.165) is 31.2 Å². The first-order chi connectivity index (χ1) is 11.5. The lowest BCUT2D eigenvalue weighted by Gasteiger charge is -2.30. The Morgan fingerprint density at radius 3 is 2.75 bits per heavy atom. The molecule has 4 nitrogen and oxygen atoms in total. The molecule has 0 amide bonds. The SMILES string of the molecule is C[C@H]1CCCC[NH+]1CCCNC(=S)Nc1ccc(OC(F)F)cc1. The highest BCUT2D eigenvalue weighted by molar-refractivity contribution is 7.80. The Hall–Kier alpha value is -1.47. The molecule has 1 aromatic rings. The summed E-state index contributed by atoms with van der Waals surface area (Å²) >= 11 is 5.25. The van der Waals surface area contributed by atoms with Gasteiger partial charge in [0.2, 0.25) is 0 Å². The second-order valence-electron chi connectivity index (χ2n) is 6.19. The molecule has 3 N–H and O–H groups in total. The normalized spacial score (nSPS) is 20.7. The zero-order valence-electron chi connectivity index (χ0n) is 14.0. The third kappa shape index (κ3) is 6.57. The van der Waals surface area contributed by atoms with Crippen molar-refractivity contribution < 1.29 is 18.4 Å². The average molecular weight is 358 g/mol. The van der Waals surface area contributed by atoms with Crippen molar-refractivity contribution in [2.75, 3.05) is 25.0 Å². The molecule has 7 heteroatoms. The van der Waals surface area contributed by atoms with E-state index in [-0.39, 0.29) is 5.75 Å². The van der Waals surface area contributed by atoms with E-state index in [4.69, 9.17) is 12.2 Å². The van der Waals surface area contributed by atoms with Crippen LogP contribution >= 0.6 is 12.2 Å². The molecule has 1 unspecified atom stereocenters. The van der Waals surface area contributed by atoms with Gasteiger partial charge in [-0.25, -0.2) is 0 Å². The molecule has 1 aliphatic heterocycles. The van der Waals surface area contributed by atoms with Gasteiger partial charge in [0.05, 0.1) is 19.1 Å². The maximum Gasteiger partial charge on any atom is 0.387 e. The van der Waals surface area contributed by atoms with Gasteiger partial charge in [0.15, 0.2) is 5.11 Å². The Labute approximate surface area is 147 Å². The van der Waals surface area contributed by atoms with Crippen LogP contribution in [0.2, 0.25) is 0 Å². The Kier molecular flexibility index (Phi) is 7.65. The standard InChI is InChI=1S/C17H25F2N3OS/c1-13-5-2-3-11-22(13)12-4-10-20-17(24)21-14-6-8-15(9-7-14)23-16(18)19/h6-9,13,16H,2-5,10-12H2,1H3,(H2,20,21,24)/p+1/t13-/m0/s1. The predicted molar refractivity (Wildman–Crippen MR) is 95.9 cm³/mol. The molecular weight excluding hydrogens is 332 g/mol. The Morgan fingerprint density at radius 1 is 1.33 bits per heavy atom. The largest absolute Gasteiger partial charge is 0.435 e. The number of halogens is 2. The fraction of sp³-hybridized carbons (Fsp3) is 0.588. The molecule has 2 rings (SSSR count). The summed E-state index contributed by atoms with van der Waals surface area (Å²) in [6.45, 7) is 2.79. The number of nitrogens with one attached hydrogen (secondary N) is 3. The molecule has 0 aliphatic carbocycles. The molecule has 2 atom stereocenters. The Morgan fingerprint density at radius 2 is 2.08 bits per heavy atom. The summed E-state index contributed by atoms with van der Waals surface area (Å²) in [5.74, 6) is 0.132. The van der Waals surface area contributed by atoms with Crippen molar-refractivity contribution >= 4 is 23.0 Å². The highest BCUT2D eigenvalue weighted by Gasteiger charge is 2.20. The molecule has 0 bridgehead atoms. The summed E-state index contributed by atoms with van der Waals surface area (Å²) in [5.41, 5.74) is 0.740. The smallest absolute Gasteiger partial charge is 0.387 e. The molecule has 1 heterocycles. The second-order valence-corrected chi connectivity index (χ2v) is 6.60. The number of benzene rings is 1. The van der Waals surface area contributed by atoms with Gasteiger partial charge >= 0.3 is 6.61 Å². The molecule has 1 saturated heterocycles. The quantitative estimate of drug-likeness (QED) is 0.517. The molecule has 1 fully saturated rings.